The van der Waals surface area contributed by atoms with Crippen LogP contribution < -0.4 is 0 Å². The van der Waals surface area contributed by atoms with Crippen LogP contribution in [-0.4, -0.2) is 4.57 Å². The standard InChI is InChI=1S/C14H16ClN/c1-9(2)16-13-6-5-12(15)7-11(13)8-14(16)10-3-4-10/h5-10H,3-4H2,1-2H3. The molecule has 1 aromatic carbocycles. The molecule has 2 heteroatoms. The van der Waals surface area contributed by atoms with Gasteiger partial charge in [0.15, 0.2) is 0 Å². The molecule has 1 nitrogen and oxygen atoms in total. The normalized spacial score (nSPS) is 16.2. The maximum absolute atomic E-state index is 6.05. The van der Waals surface area contributed by atoms with Crippen molar-refractivity contribution in [3.05, 3.63) is 35.0 Å². The molecule has 84 valence electrons. The van der Waals surface area contributed by atoms with E-state index >= 15 is 0 Å². The third kappa shape index (κ3) is 1.54. The minimum atomic E-state index is 0.522. The molecule has 0 bridgehead atoms. The fourth-order valence-corrected chi connectivity index (χ4v) is 2.68. The van der Waals surface area contributed by atoms with E-state index in [-0.39, 0.29) is 0 Å². The average molecular weight is 234 g/mol. The van der Waals surface area contributed by atoms with E-state index in [9.17, 15) is 0 Å². The minimum absolute atomic E-state index is 0.522. The Kier molecular flexibility index (Phi) is 2.25. The molecule has 1 aliphatic rings. The van der Waals surface area contributed by atoms with Crippen molar-refractivity contribution in [1.82, 2.24) is 4.57 Å². The first-order chi connectivity index (χ1) is 7.66. The van der Waals surface area contributed by atoms with Crippen LogP contribution in [0.25, 0.3) is 10.9 Å². The SMILES string of the molecule is CC(C)n1c(C2CC2)cc2cc(Cl)ccc21. The summed E-state index contributed by atoms with van der Waals surface area (Å²) < 4.78 is 2.46. The molecule has 0 aliphatic heterocycles. The smallest absolute Gasteiger partial charge is 0.0486 e. The highest BCUT2D eigenvalue weighted by atomic mass is 35.5. The van der Waals surface area contributed by atoms with Crippen LogP contribution >= 0.6 is 11.6 Å². The quantitative estimate of drug-likeness (QED) is 0.705. The van der Waals surface area contributed by atoms with Gasteiger partial charge in [-0.3, -0.25) is 0 Å². The Hall–Kier alpha value is -0.950. The first-order valence-corrected chi connectivity index (χ1v) is 6.35. The van der Waals surface area contributed by atoms with Crippen molar-refractivity contribution in [2.24, 2.45) is 0 Å². The van der Waals surface area contributed by atoms with Crippen LogP contribution in [0.1, 0.15) is 44.3 Å². The highest BCUT2D eigenvalue weighted by Crippen LogP contribution is 2.43. The summed E-state index contributed by atoms with van der Waals surface area (Å²) in [6.45, 7) is 4.50. The van der Waals surface area contributed by atoms with Crippen LogP contribution in [0.5, 0.6) is 0 Å². The number of aromatic nitrogens is 1. The van der Waals surface area contributed by atoms with E-state index in [2.05, 4.69) is 36.6 Å². The Bertz CT molecular complexity index is 535. The van der Waals surface area contributed by atoms with Gasteiger partial charge in [-0.05, 0) is 56.9 Å². The second kappa shape index (κ2) is 3.53. The van der Waals surface area contributed by atoms with E-state index in [0.29, 0.717) is 6.04 Å². The van der Waals surface area contributed by atoms with Gasteiger partial charge in [-0.1, -0.05) is 11.6 Å². The van der Waals surface area contributed by atoms with Crippen molar-refractivity contribution < 1.29 is 0 Å². The van der Waals surface area contributed by atoms with Crippen LogP contribution in [0.3, 0.4) is 0 Å². The number of nitrogens with zero attached hydrogens (tertiary/aromatic N) is 1. The van der Waals surface area contributed by atoms with Gasteiger partial charge in [-0.15, -0.1) is 0 Å². The minimum Gasteiger partial charge on any atom is -0.342 e. The maximum atomic E-state index is 6.05. The van der Waals surface area contributed by atoms with E-state index in [1.807, 2.05) is 6.07 Å². The lowest BCUT2D eigenvalue weighted by molar-refractivity contribution is 0.595. The number of fused-ring (bicyclic) bond motifs is 1. The predicted molar refractivity (Wildman–Crippen MR) is 69.3 cm³/mol. The molecule has 16 heavy (non-hydrogen) atoms. The average Bonchev–Trinajstić information content (AvgIpc) is 2.99. The summed E-state index contributed by atoms with van der Waals surface area (Å²) >= 11 is 6.05. The monoisotopic (exact) mass is 233 g/mol. The molecule has 1 heterocycles. The second-order valence-electron chi connectivity index (χ2n) is 5.01. The topological polar surface area (TPSA) is 4.93 Å². The van der Waals surface area contributed by atoms with Crippen molar-refractivity contribution in [2.75, 3.05) is 0 Å². The molecular weight excluding hydrogens is 218 g/mol. The fraction of sp³-hybridized carbons (Fsp3) is 0.429. The lowest BCUT2D eigenvalue weighted by Crippen LogP contribution is -2.04. The lowest BCUT2D eigenvalue weighted by Gasteiger charge is -2.14. The van der Waals surface area contributed by atoms with Crippen molar-refractivity contribution in [3.8, 4) is 0 Å². The molecule has 0 amide bonds. The summed E-state index contributed by atoms with van der Waals surface area (Å²) in [7, 11) is 0. The Morgan fingerprint density at radius 3 is 2.62 bits per heavy atom. The van der Waals surface area contributed by atoms with Gasteiger partial charge in [0.1, 0.15) is 0 Å². The van der Waals surface area contributed by atoms with Gasteiger partial charge in [0.25, 0.3) is 0 Å². The Balaban J connectivity index is 2.28. The van der Waals surface area contributed by atoms with E-state index in [4.69, 9.17) is 11.6 Å². The van der Waals surface area contributed by atoms with Crippen molar-refractivity contribution in [2.45, 2.75) is 38.6 Å². The van der Waals surface area contributed by atoms with Crippen LogP contribution in [0.2, 0.25) is 5.02 Å². The van der Waals surface area contributed by atoms with Gasteiger partial charge < -0.3 is 4.57 Å². The van der Waals surface area contributed by atoms with Crippen molar-refractivity contribution >= 4 is 22.5 Å². The van der Waals surface area contributed by atoms with Gasteiger partial charge >= 0.3 is 0 Å². The van der Waals surface area contributed by atoms with Crippen LogP contribution in [0, 0.1) is 0 Å². The molecule has 1 saturated carbocycles. The van der Waals surface area contributed by atoms with Crippen molar-refractivity contribution in [1.29, 1.82) is 0 Å². The molecule has 0 atom stereocenters. The van der Waals surface area contributed by atoms with Gasteiger partial charge in [-0.2, -0.15) is 0 Å². The number of hydrogen-bond acceptors (Lipinski definition) is 0. The number of hydrogen-bond donors (Lipinski definition) is 0. The summed E-state index contributed by atoms with van der Waals surface area (Å²) in [5, 5.41) is 2.11. The summed E-state index contributed by atoms with van der Waals surface area (Å²) in [5.41, 5.74) is 2.81. The summed E-state index contributed by atoms with van der Waals surface area (Å²) in [5.74, 6) is 0.786. The van der Waals surface area contributed by atoms with E-state index in [1.165, 1.54) is 29.4 Å². The van der Waals surface area contributed by atoms with Gasteiger partial charge in [0.05, 0.1) is 0 Å². The van der Waals surface area contributed by atoms with E-state index in [0.717, 1.165) is 10.9 Å². The molecule has 0 saturated heterocycles. The third-order valence-corrected chi connectivity index (χ3v) is 3.58. The molecule has 0 spiro atoms. The summed E-state index contributed by atoms with van der Waals surface area (Å²) in [6.07, 6.45) is 2.69. The zero-order chi connectivity index (χ0) is 11.3. The molecule has 1 aromatic heterocycles. The predicted octanol–water partition coefficient (Wildman–Crippen LogP) is 4.75. The molecule has 0 unspecified atom stereocenters. The lowest BCUT2D eigenvalue weighted by atomic mass is 10.2. The largest absolute Gasteiger partial charge is 0.342 e. The van der Waals surface area contributed by atoms with E-state index in [1.54, 1.807) is 0 Å². The van der Waals surface area contributed by atoms with Gasteiger partial charge in [0.2, 0.25) is 0 Å². The third-order valence-electron chi connectivity index (χ3n) is 3.34. The van der Waals surface area contributed by atoms with E-state index < -0.39 is 0 Å². The first-order valence-electron chi connectivity index (χ1n) is 5.97. The van der Waals surface area contributed by atoms with Crippen LogP contribution in [0.15, 0.2) is 24.3 Å². The number of halogens is 1. The van der Waals surface area contributed by atoms with Gasteiger partial charge in [-0.25, -0.2) is 0 Å². The Labute approximate surface area is 101 Å². The van der Waals surface area contributed by atoms with Crippen molar-refractivity contribution in [3.63, 3.8) is 0 Å². The number of benzene rings is 1. The van der Waals surface area contributed by atoms with Crippen LogP contribution in [0.4, 0.5) is 0 Å². The first kappa shape index (κ1) is 10.2. The molecule has 3 rings (SSSR count). The van der Waals surface area contributed by atoms with Crippen LogP contribution in [-0.2, 0) is 0 Å². The second-order valence-corrected chi connectivity index (χ2v) is 5.45. The molecule has 1 fully saturated rings. The molecule has 1 aliphatic carbocycles. The zero-order valence-corrected chi connectivity index (χ0v) is 10.5. The highest BCUT2D eigenvalue weighted by molar-refractivity contribution is 6.31. The van der Waals surface area contributed by atoms with Gasteiger partial charge in [0, 0.05) is 27.7 Å². The molecular formula is C14H16ClN. The number of rotatable bonds is 2. The zero-order valence-electron chi connectivity index (χ0n) is 9.70. The molecule has 0 N–H and O–H groups in total. The Morgan fingerprint density at radius 1 is 1.25 bits per heavy atom. The maximum Gasteiger partial charge on any atom is 0.0486 e. The summed E-state index contributed by atoms with van der Waals surface area (Å²) in [4.78, 5) is 0. The molecule has 2 aromatic rings. The highest BCUT2D eigenvalue weighted by Gasteiger charge is 2.28. The summed E-state index contributed by atoms with van der Waals surface area (Å²) in [6, 6.07) is 9.04. The Morgan fingerprint density at radius 2 is 2.00 bits per heavy atom. The molecule has 0 radical (unpaired) electrons. The fourth-order valence-electron chi connectivity index (χ4n) is 2.50.